The molecule has 7 nitrogen and oxygen atoms in total. The number of amides is 1. The molecule has 2 aliphatic rings. The molecule has 0 radical (unpaired) electrons. The van der Waals surface area contributed by atoms with Crippen LogP contribution in [0.5, 0.6) is 0 Å². The van der Waals surface area contributed by atoms with Gasteiger partial charge in [0.25, 0.3) is 11.5 Å². The SMILES string of the molecule is CC1(C)CC(=O)c2cc(C(=O)N3CCCC[C@@H]3C(=O)O)c(=O)[nH]c2C1. The lowest BCUT2D eigenvalue weighted by Gasteiger charge is -2.33. The van der Waals surface area contributed by atoms with Gasteiger partial charge >= 0.3 is 5.97 Å². The van der Waals surface area contributed by atoms with Crippen molar-refractivity contribution in [2.24, 2.45) is 5.41 Å². The number of hydrogen-bond donors (Lipinski definition) is 2. The van der Waals surface area contributed by atoms with E-state index >= 15 is 0 Å². The number of piperidine rings is 1. The van der Waals surface area contributed by atoms with Crippen LogP contribution < -0.4 is 5.56 Å². The number of fused-ring (bicyclic) bond motifs is 1. The molecule has 0 bridgehead atoms. The van der Waals surface area contributed by atoms with Crippen LogP contribution in [0.3, 0.4) is 0 Å². The second kappa shape index (κ2) is 6.13. The highest BCUT2D eigenvalue weighted by atomic mass is 16.4. The van der Waals surface area contributed by atoms with Gasteiger partial charge in [-0.25, -0.2) is 4.79 Å². The van der Waals surface area contributed by atoms with Gasteiger partial charge in [-0.3, -0.25) is 14.4 Å². The molecule has 2 heterocycles. The van der Waals surface area contributed by atoms with Crippen LogP contribution in [0.25, 0.3) is 0 Å². The summed E-state index contributed by atoms with van der Waals surface area (Å²) < 4.78 is 0. The van der Waals surface area contributed by atoms with E-state index in [1.807, 2.05) is 13.8 Å². The highest BCUT2D eigenvalue weighted by molar-refractivity contribution is 6.02. The van der Waals surface area contributed by atoms with E-state index in [1.165, 1.54) is 11.0 Å². The van der Waals surface area contributed by atoms with Gasteiger partial charge in [0.15, 0.2) is 5.78 Å². The van der Waals surface area contributed by atoms with Gasteiger partial charge in [0.2, 0.25) is 0 Å². The lowest BCUT2D eigenvalue weighted by Crippen LogP contribution is -2.49. The van der Waals surface area contributed by atoms with Crippen LogP contribution >= 0.6 is 0 Å². The Morgan fingerprint density at radius 1 is 1.24 bits per heavy atom. The summed E-state index contributed by atoms with van der Waals surface area (Å²) in [4.78, 5) is 52.9. The van der Waals surface area contributed by atoms with Crippen LogP contribution in [0.2, 0.25) is 0 Å². The van der Waals surface area contributed by atoms with Gasteiger partial charge < -0.3 is 15.0 Å². The number of hydrogen-bond acceptors (Lipinski definition) is 4. The molecule has 2 N–H and O–H groups in total. The minimum atomic E-state index is -1.07. The standard InChI is InChI=1S/C18H22N2O5/c1-18(2)8-12-10(14(21)9-18)7-11(15(22)19-12)16(23)20-6-4-3-5-13(20)17(24)25/h7,13H,3-6,8-9H2,1-2H3,(H,19,22)(H,24,25)/t13-/m1/s1. The summed E-state index contributed by atoms with van der Waals surface area (Å²) in [5.74, 6) is -1.79. The number of nitrogens with zero attached hydrogens (tertiary/aromatic N) is 1. The Morgan fingerprint density at radius 3 is 2.64 bits per heavy atom. The Bertz CT molecular complexity index is 808. The van der Waals surface area contributed by atoms with Crippen molar-refractivity contribution in [3.8, 4) is 0 Å². The molecule has 1 aliphatic heterocycles. The molecule has 1 amide bonds. The first-order valence-corrected chi connectivity index (χ1v) is 8.53. The first-order valence-electron chi connectivity index (χ1n) is 8.53. The monoisotopic (exact) mass is 346 g/mol. The second-order valence-corrected chi connectivity index (χ2v) is 7.69. The van der Waals surface area contributed by atoms with Gasteiger partial charge in [-0.05, 0) is 37.2 Å². The molecule has 1 aromatic heterocycles. The molecule has 0 spiro atoms. The molecular weight excluding hydrogens is 324 g/mol. The third-order valence-electron chi connectivity index (χ3n) is 5.00. The molecule has 1 saturated heterocycles. The zero-order chi connectivity index (χ0) is 18.4. The number of carbonyl (C=O) groups excluding carboxylic acids is 2. The van der Waals surface area contributed by atoms with Crippen molar-refractivity contribution < 1.29 is 19.5 Å². The molecule has 0 saturated carbocycles. The van der Waals surface area contributed by atoms with E-state index in [-0.39, 0.29) is 16.8 Å². The number of nitrogens with one attached hydrogen (secondary N) is 1. The Morgan fingerprint density at radius 2 is 1.96 bits per heavy atom. The number of Topliss-reactive ketones (excluding diaryl/α,β-unsaturated/α-hetero) is 1. The molecular formula is C18H22N2O5. The fourth-order valence-electron chi connectivity index (χ4n) is 3.77. The molecule has 7 heteroatoms. The van der Waals surface area contributed by atoms with Crippen LogP contribution in [-0.4, -0.2) is 45.2 Å². The third kappa shape index (κ3) is 3.23. The Kier molecular flexibility index (Phi) is 4.26. The van der Waals surface area contributed by atoms with E-state index in [9.17, 15) is 24.3 Å². The number of carboxylic acid groups (broad SMARTS) is 1. The van der Waals surface area contributed by atoms with Gasteiger partial charge in [-0.2, -0.15) is 0 Å². The summed E-state index contributed by atoms with van der Waals surface area (Å²) in [6, 6.07) is 0.424. The third-order valence-corrected chi connectivity index (χ3v) is 5.00. The second-order valence-electron chi connectivity index (χ2n) is 7.69. The lowest BCUT2D eigenvalue weighted by atomic mass is 9.75. The van der Waals surface area contributed by atoms with Crippen molar-refractivity contribution in [3.63, 3.8) is 0 Å². The average molecular weight is 346 g/mol. The Balaban J connectivity index is 1.99. The summed E-state index contributed by atoms with van der Waals surface area (Å²) in [5.41, 5.74) is -0.0360. The minimum absolute atomic E-state index is 0.107. The van der Waals surface area contributed by atoms with Crippen molar-refractivity contribution in [1.29, 1.82) is 0 Å². The van der Waals surface area contributed by atoms with Crippen LogP contribution in [0.4, 0.5) is 0 Å². The Labute approximate surface area is 145 Å². The van der Waals surface area contributed by atoms with Crippen molar-refractivity contribution in [2.75, 3.05) is 6.54 Å². The van der Waals surface area contributed by atoms with Gasteiger partial charge in [0, 0.05) is 24.2 Å². The number of H-pyrrole nitrogens is 1. The zero-order valence-corrected chi connectivity index (χ0v) is 14.4. The lowest BCUT2D eigenvalue weighted by molar-refractivity contribution is -0.143. The fourth-order valence-corrected chi connectivity index (χ4v) is 3.77. The number of aromatic nitrogens is 1. The number of aromatic amines is 1. The normalized spacial score (nSPS) is 22.4. The highest BCUT2D eigenvalue weighted by Crippen LogP contribution is 2.33. The number of pyridine rings is 1. The van der Waals surface area contributed by atoms with Crippen molar-refractivity contribution >= 4 is 17.7 Å². The van der Waals surface area contributed by atoms with E-state index in [0.29, 0.717) is 43.5 Å². The first-order chi connectivity index (χ1) is 11.7. The summed E-state index contributed by atoms with van der Waals surface area (Å²) >= 11 is 0. The molecule has 1 aliphatic carbocycles. The maximum absolute atomic E-state index is 12.8. The van der Waals surface area contributed by atoms with Crippen LogP contribution in [0, 0.1) is 5.41 Å². The van der Waals surface area contributed by atoms with Crippen LogP contribution in [-0.2, 0) is 11.2 Å². The van der Waals surface area contributed by atoms with Gasteiger partial charge in [-0.1, -0.05) is 13.8 Å². The maximum Gasteiger partial charge on any atom is 0.326 e. The highest BCUT2D eigenvalue weighted by Gasteiger charge is 2.36. The van der Waals surface area contributed by atoms with Crippen LogP contribution in [0.15, 0.2) is 10.9 Å². The number of carbonyl (C=O) groups is 3. The minimum Gasteiger partial charge on any atom is -0.480 e. The predicted octanol–water partition coefficient (Wildman–Crippen LogP) is 1.61. The maximum atomic E-state index is 12.8. The van der Waals surface area contributed by atoms with Gasteiger partial charge in [0.05, 0.1) is 0 Å². The smallest absolute Gasteiger partial charge is 0.326 e. The number of carboxylic acids is 1. The summed E-state index contributed by atoms with van der Waals surface area (Å²) in [6.45, 7) is 4.21. The van der Waals surface area contributed by atoms with E-state index in [1.54, 1.807) is 0 Å². The van der Waals surface area contributed by atoms with E-state index in [0.717, 1.165) is 6.42 Å². The predicted molar refractivity (Wildman–Crippen MR) is 89.8 cm³/mol. The summed E-state index contributed by atoms with van der Waals surface area (Å²) in [6.07, 6.45) is 2.71. The van der Waals surface area contributed by atoms with E-state index in [2.05, 4.69) is 4.98 Å². The van der Waals surface area contributed by atoms with Gasteiger partial charge in [-0.15, -0.1) is 0 Å². The molecule has 1 atom stereocenters. The average Bonchev–Trinajstić information content (AvgIpc) is 2.52. The molecule has 25 heavy (non-hydrogen) atoms. The molecule has 3 rings (SSSR count). The summed E-state index contributed by atoms with van der Waals surface area (Å²) in [5, 5.41) is 9.33. The fraction of sp³-hybridized carbons (Fsp3) is 0.556. The van der Waals surface area contributed by atoms with E-state index < -0.39 is 23.5 Å². The largest absolute Gasteiger partial charge is 0.480 e. The van der Waals surface area contributed by atoms with Crippen molar-refractivity contribution in [2.45, 2.75) is 52.0 Å². The molecule has 0 aromatic carbocycles. The van der Waals surface area contributed by atoms with Crippen LogP contribution in [0.1, 0.15) is 65.9 Å². The molecule has 134 valence electrons. The molecule has 1 fully saturated rings. The quantitative estimate of drug-likeness (QED) is 0.846. The zero-order valence-electron chi connectivity index (χ0n) is 14.4. The number of aliphatic carboxylic acids is 1. The van der Waals surface area contributed by atoms with Crippen molar-refractivity contribution in [1.82, 2.24) is 9.88 Å². The van der Waals surface area contributed by atoms with Gasteiger partial charge in [0.1, 0.15) is 11.6 Å². The number of likely N-dealkylation sites (tertiary alicyclic amines) is 1. The van der Waals surface area contributed by atoms with Crippen molar-refractivity contribution in [3.05, 3.63) is 33.2 Å². The number of rotatable bonds is 2. The number of ketones is 1. The molecule has 1 aromatic rings. The molecule has 0 unspecified atom stereocenters. The first kappa shape index (κ1) is 17.4. The Hall–Kier alpha value is -2.44. The van der Waals surface area contributed by atoms with E-state index in [4.69, 9.17) is 0 Å². The summed E-state index contributed by atoms with van der Waals surface area (Å²) in [7, 11) is 0. The topological polar surface area (TPSA) is 108 Å².